The summed E-state index contributed by atoms with van der Waals surface area (Å²) in [4.78, 5) is 24.3. The first kappa shape index (κ1) is 24.6. The molecule has 0 aliphatic rings. The molecule has 0 fully saturated rings. The fourth-order valence-electron chi connectivity index (χ4n) is 3.06. The molecule has 34 heavy (non-hydrogen) atoms. The Kier molecular flexibility index (Phi) is 7.75. The van der Waals surface area contributed by atoms with E-state index in [9.17, 15) is 18.0 Å². The second kappa shape index (κ2) is 10.7. The van der Waals surface area contributed by atoms with Gasteiger partial charge in [-0.2, -0.15) is 0 Å². The molecule has 0 aromatic heterocycles. The molecule has 0 bridgehead atoms. The minimum atomic E-state index is -3.85. The molecule has 0 heterocycles. The minimum Gasteiger partial charge on any atom is -0.497 e. The standard InChI is InChI=1S/C24H25N3O6S/c1-16-5-4-6-17(2)23(16)33-15-22(28)25-26-24(29)18-7-13-21(14-8-18)34(30,31)27-19-9-11-20(32-3)12-10-19/h4-14,27H,15H2,1-3H3,(H,25,28)(H,26,29). The zero-order chi connectivity index (χ0) is 24.7. The highest BCUT2D eigenvalue weighted by atomic mass is 32.2. The van der Waals surface area contributed by atoms with E-state index in [0.29, 0.717) is 17.2 Å². The topological polar surface area (TPSA) is 123 Å². The summed E-state index contributed by atoms with van der Waals surface area (Å²) in [6.07, 6.45) is 0. The van der Waals surface area contributed by atoms with E-state index in [-0.39, 0.29) is 17.1 Å². The molecule has 0 atom stereocenters. The molecule has 3 N–H and O–H groups in total. The number of aryl methyl sites for hydroxylation is 2. The second-order valence-electron chi connectivity index (χ2n) is 7.37. The molecule has 0 aliphatic heterocycles. The Hall–Kier alpha value is -4.05. The monoisotopic (exact) mass is 483 g/mol. The van der Waals surface area contributed by atoms with Crippen LogP contribution >= 0.6 is 0 Å². The summed E-state index contributed by atoms with van der Waals surface area (Å²) in [7, 11) is -2.33. The van der Waals surface area contributed by atoms with Crippen molar-refractivity contribution in [3.05, 3.63) is 83.4 Å². The van der Waals surface area contributed by atoms with Crippen LogP contribution in [0.25, 0.3) is 0 Å². The highest BCUT2D eigenvalue weighted by Crippen LogP contribution is 2.22. The van der Waals surface area contributed by atoms with Gasteiger partial charge in [0, 0.05) is 11.3 Å². The van der Waals surface area contributed by atoms with Crippen molar-refractivity contribution < 1.29 is 27.5 Å². The van der Waals surface area contributed by atoms with Crippen LogP contribution in [0.2, 0.25) is 0 Å². The lowest BCUT2D eigenvalue weighted by Crippen LogP contribution is -2.43. The number of amides is 2. The summed E-state index contributed by atoms with van der Waals surface area (Å²) in [5.74, 6) is 0.0673. The third-order valence-electron chi connectivity index (χ3n) is 4.84. The maximum absolute atomic E-state index is 12.6. The molecular formula is C24H25N3O6S. The lowest BCUT2D eigenvalue weighted by atomic mass is 10.1. The van der Waals surface area contributed by atoms with Crippen LogP contribution in [0.5, 0.6) is 11.5 Å². The molecular weight excluding hydrogens is 458 g/mol. The number of sulfonamides is 1. The van der Waals surface area contributed by atoms with Crippen molar-refractivity contribution in [2.24, 2.45) is 0 Å². The van der Waals surface area contributed by atoms with E-state index in [1.165, 1.54) is 31.4 Å². The molecule has 3 rings (SSSR count). The maximum Gasteiger partial charge on any atom is 0.276 e. The van der Waals surface area contributed by atoms with Crippen LogP contribution in [-0.2, 0) is 14.8 Å². The van der Waals surface area contributed by atoms with Crippen LogP contribution in [0.15, 0.2) is 71.6 Å². The molecule has 0 spiro atoms. The normalized spacial score (nSPS) is 10.8. The predicted molar refractivity (Wildman–Crippen MR) is 127 cm³/mol. The van der Waals surface area contributed by atoms with Gasteiger partial charge in [0.1, 0.15) is 11.5 Å². The molecule has 9 nitrogen and oxygen atoms in total. The van der Waals surface area contributed by atoms with E-state index in [1.54, 1.807) is 24.3 Å². The molecule has 0 saturated carbocycles. The second-order valence-corrected chi connectivity index (χ2v) is 9.05. The number of benzene rings is 3. The van der Waals surface area contributed by atoms with Gasteiger partial charge in [-0.3, -0.25) is 25.2 Å². The Bertz CT molecular complexity index is 1250. The van der Waals surface area contributed by atoms with Gasteiger partial charge in [-0.25, -0.2) is 8.42 Å². The average Bonchev–Trinajstić information content (AvgIpc) is 2.82. The van der Waals surface area contributed by atoms with Gasteiger partial charge < -0.3 is 9.47 Å². The Morgan fingerprint density at radius 3 is 2.06 bits per heavy atom. The van der Waals surface area contributed by atoms with E-state index < -0.39 is 21.8 Å². The van der Waals surface area contributed by atoms with E-state index in [0.717, 1.165) is 11.1 Å². The lowest BCUT2D eigenvalue weighted by molar-refractivity contribution is -0.123. The van der Waals surface area contributed by atoms with Crippen molar-refractivity contribution in [1.82, 2.24) is 10.9 Å². The number of hydrazine groups is 1. The van der Waals surface area contributed by atoms with Gasteiger partial charge in [0.25, 0.3) is 21.8 Å². The fourth-order valence-corrected chi connectivity index (χ4v) is 4.12. The van der Waals surface area contributed by atoms with E-state index >= 15 is 0 Å². The van der Waals surface area contributed by atoms with Crippen LogP contribution < -0.4 is 25.0 Å². The van der Waals surface area contributed by atoms with Gasteiger partial charge in [-0.1, -0.05) is 18.2 Å². The van der Waals surface area contributed by atoms with Gasteiger partial charge in [-0.15, -0.1) is 0 Å². The smallest absolute Gasteiger partial charge is 0.276 e. The van der Waals surface area contributed by atoms with Crippen molar-refractivity contribution >= 4 is 27.5 Å². The fraction of sp³-hybridized carbons (Fsp3) is 0.167. The van der Waals surface area contributed by atoms with Gasteiger partial charge in [-0.05, 0) is 73.5 Å². The van der Waals surface area contributed by atoms with Crippen LogP contribution in [0.1, 0.15) is 21.5 Å². The van der Waals surface area contributed by atoms with E-state index in [1.807, 2.05) is 32.0 Å². The molecule has 0 aliphatic carbocycles. The molecule has 0 saturated heterocycles. The highest BCUT2D eigenvalue weighted by Gasteiger charge is 2.16. The highest BCUT2D eigenvalue weighted by molar-refractivity contribution is 7.92. The summed E-state index contributed by atoms with van der Waals surface area (Å²) in [6, 6.07) is 17.3. The lowest BCUT2D eigenvalue weighted by Gasteiger charge is -2.12. The molecule has 3 aromatic rings. The van der Waals surface area contributed by atoms with Gasteiger partial charge >= 0.3 is 0 Å². The number of hydrogen-bond donors (Lipinski definition) is 3. The van der Waals surface area contributed by atoms with Crippen LogP contribution in [0.4, 0.5) is 5.69 Å². The van der Waals surface area contributed by atoms with Gasteiger partial charge in [0.15, 0.2) is 6.61 Å². The molecule has 3 aromatic carbocycles. The third-order valence-corrected chi connectivity index (χ3v) is 6.24. The number of ether oxygens (including phenoxy) is 2. The number of carbonyl (C=O) groups is 2. The maximum atomic E-state index is 12.6. The van der Waals surface area contributed by atoms with Crippen LogP contribution in [0, 0.1) is 13.8 Å². The molecule has 2 amide bonds. The number of carbonyl (C=O) groups excluding carboxylic acids is 2. The van der Waals surface area contributed by atoms with Crippen LogP contribution in [0.3, 0.4) is 0 Å². The third kappa shape index (κ3) is 6.26. The van der Waals surface area contributed by atoms with Gasteiger partial charge in [0.2, 0.25) is 0 Å². The first-order valence-electron chi connectivity index (χ1n) is 10.2. The Morgan fingerprint density at radius 2 is 1.47 bits per heavy atom. The number of methoxy groups -OCH3 is 1. The van der Waals surface area contributed by atoms with Crippen molar-refractivity contribution in [1.29, 1.82) is 0 Å². The largest absolute Gasteiger partial charge is 0.497 e. The molecule has 0 radical (unpaired) electrons. The van der Waals surface area contributed by atoms with Crippen molar-refractivity contribution in [3.63, 3.8) is 0 Å². The Labute approximate surface area is 198 Å². The van der Waals surface area contributed by atoms with Crippen molar-refractivity contribution in [3.8, 4) is 11.5 Å². The van der Waals surface area contributed by atoms with Crippen molar-refractivity contribution in [2.75, 3.05) is 18.4 Å². The number of nitrogens with one attached hydrogen (secondary N) is 3. The van der Waals surface area contributed by atoms with E-state index in [4.69, 9.17) is 9.47 Å². The van der Waals surface area contributed by atoms with Crippen molar-refractivity contribution in [2.45, 2.75) is 18.7 Å². The zero-order valence-electron chi connectivity index (χ0n) is 18.9. The van der Waals surface area contributed by atoms with Crippen LogP contribution in [-0.4, -0.2) is 33.9 Å². The average molecular weight is 484 g/mol. The number of para-hydroxylation sites is 1. The zero-order valence-corrected chi connectivity index (χ0v) is 19.7. The van der Waals surface area contributed by atoms with E-state index in [2.05, 4.69) is 15.6 Å². The first-order valence-corrected chi connectivity index (χ1v) is 11.7. The first-order chi connectivity index (χ1) is 16.2. The SMILES string of the molecule is COc1ccc(NS(=O)(=O)c2ccc(C(=O)NNC(=O)COc3c(C)cccc3C)cc2)cc1. The molecule has 178 valence electrons. The summed E-state index contributed by atoms with van der Waals surface area (Å²) < 4.78 is 38.2. The summed E-state index contributed by atoms with van der Waals surface area (Å²) in [5, 5.41) is 0. The summed E-state index contributed by atoms with van der Waals surface area (Å²) >= 11 is 0. The summed E-state index contributed by atoms with van der Waals surface area (Å²) in [5.41, 5.74) is 6.88. The summed E-state index contributed by atoms with van der Waals surface area (Å²) in [6.45, 7) is 3.47. The number of rotatable bonds is 8. The quantitative estimate of drug-likeness (QED) is 0.424. The van der Waals surface area contributed by atoms with Gasteiger partial charge in [0.05, 0.1) is 12.0 Å². The molecule has 0 unspecified atom stereocenters. The Balaban J connectivity index is 1.54. The number of hydrogen-bond acceptors (Lipinski definition) is 6. The molecule has 10 heteroatoms. The Morgan fingerprint density at radius 1 is 0.853 bits per heavy atom. The minimum absolute atomic E-state index is 0.0223. The predicted octanol–water partition coefficient (Wildman–Crippen LogP) is 2.95. The number of anilines is 1.